The van der Waals surface area contributed by atoms with Crippen molar-refractivity contribution in [2.45, 2.75) is 11.7 Å². The first-order valence-electron chi connectivity index (χ1n) is 9.77. The van der Waals surface area contributed by atoms with E-state index in [0.29, 0.717) is 23.1 Å². The lowest BCUT2D eigenvalue weighted by atomic mass is 10.0. The molecule has 0 spiro atoms. The van der Waals surface area contributed by atoms with E-state index in [1.54, 1.807) is 0 Å². The highest BCUT2D eigenvalue weighted by Crippen LogP contribution is 2.29. The molecule has 3 amide bonds. The Morgan fingerprint density at radius 2 is 1.53 bits per heavy atom. The van der Waals surface area contributed by atoms with E-state index in [-0.39, 0.29) is 5.75 Å². The third kappa shape index (κ3) is 5.77. The van der Waals surface area contributed by atoms with Gasteiger partial charge in [0.2, 0.25) is 11.1 Å². The van der Waals surface area contributed by atoms with Crippen LogP contribution in [-0.4, -0.2) is 32.9 Å². The molecule has 0 bridgehead atoms. The number of hydrogen-bond donors (Lipinski definition) is 2. The van der Waals surface area contributed by atoms with Crippen molar-refractivity contribution in [3.05, 3.63) is 83.1 Å². The van der Waals surface area contributed by atoms with Crippen molar-refractivity contribution in [1.29, 1.82) is 0 Å². The molecule has 0 fully saturated rings. The summed E-state index contributed by atoms with van der Waals surface area (Å²) in [6.45, 7) is 0.373. The van der Waals surface area contributed by atoms with Gasteiger partial charge in [-0.05, 0) is 11.4 Å². The molecule has 4 rings (SSSR count). The van der Waals surface area contributed by atoms with E-state index in [2.05, 4.69) is 25.8 Å². The van der Waals surface area contributed by atoms with Crippen molar-refractivity contribution in [3.63, 3.8) is 0 Å². The summed E-state index contributed by atoms with van der Waals surface area (Å²) in [4.78, 5) is 29.7. The van der Waals surface area contributed by atoms with Gasteiger partial charge >= 0.3 is 6.03 Å². The maximum Gasteiger partial charge on any atom is 0.321 e. The number of amides is 3. The first kappa shape index (κ1) is 21.7. The Labute approximate surface area is 193 Å². The van der Waals surface area contributed by atoms with Crippen LogP contribution in [0.5, 0.6) is 0 Å². The molecule has 160 valence electrons. The lowest BCUT2D eigenvalue weighted by molar-refractivity contribution is -0.117. The SMILES string of the molecule is O=C(CSc1nnc(-c2ccccc2)c(-c2ccccc2)n1)NC(=O)NCc1cccs1. The largest absolute Gasteiger partial charge is 0.333 e. The molecule has 0 radical (unpaired) electrons. The number of carbonyl (C=O) groups is 2. The lowest BCUT2D eigenvalue weighted by Crippen LogP contribution is -2.39. The maximum atomic E-state index is 12.2. The minimum absolute atomic E-state index is 0.00693. The minimum Gasteiger partial charge on any atom is -0.333 e. The minimum atomic E-state index is -0.535. The second kappa shape index (κ2) is 10.7. The molecule has 2 heterocycles. The van der Waals surface area contributed by atoms with Crippen LogP contribution in [-0.2, 0) is 11.3 Å². The second-order valence-corrected chi connectivity index (χ2v) is 8.60. The van der Waals surface area contributed by atoms with Crippen LogP contribution in [0, 0.1) is 0 Å². The molecule has 4 aromatic rings. The Kier molecular flexibility index (Phi) is 7.21. The number of carbonyl (C=O) groups excluding carboxylic acids is 2. The van der Waals surface area contributed by atoms with Gasteiger partial charge in [0.25, 0.3) is 0 Å². The summed E-state index contributed by atoms with van der Waals surface area (Å²) in [7, 11) is 0. The van der Waals surface area contributed by atoms with Gasteiger partial charge in [-0.1, -0.05) is 78.5 Å². The normalized spacial score (nSPS) is 10.5. The van der Waals surface area contributed by atoms with E-state index in [0.717, 1.165) is 27.8 Å². The molecule has 0 aliphatic rings. The number of rotatable bonds is 7. The number of thiophene rings is 1. The van der Waals surface area contributed by atoms with Crippen LogP contribution in [0.2, 0.25) is 0 Å². The molecule has 0 aliphatic carbocycles. The highest BCUT2D eigenvalue weighted by atomic mass is 32.2. The molecule has 0 saturated carbocycles. The number of aromatic nitrogens is 3. The van der Waals surface area contributed by atoms with Gasteiger partial charge in [-0.2, -0.15) is 0 Å². The molecule has 32 heavy (non-hydrogen) atoms. The fraction of sp³-hybridized carbons (Fsp3) is 0.0870. The van der Waals surface area contributed by atoms with Gasteiger partial charge < -0.3 is 5.32 Å². The standard InChI is InChI=1S/C23H19N5O2S2/c29-19(25-22(30)24-14-18-12-7-13-31-18)15-32-23-26-20(16-8-3-1-4-9-16)21(27-28-23)17-10-5-2-6-11-17/h1-13H,14-15H2,(H2,24,25,29,30). The highest BCUT2D eigenvalue weighted by Gasteiger charge is 2.15. The van der Waals surface area contributed by atoms with E-state index < -0.39 is 11.9 Å². The van der Waals surface area contributed by atoms with Gasteiger partial charge in [-0.25, -0.2) is 9.78 Å². The van der Waals surface area contributed by atoms with Gasteiger partial charge in [0.15, 0.2) is 0 Å². The lowest BCUT2D eigenvalue weighted by Gasteiger charge is -2.09. The van der Waals surface area contributed by atoms with E-state index in [1.807, 2.05) is 78.2 Å². The third-order valence-corrected chi connectivity index (χ3v) is 6.06. The quantitative estimate of drug-likeness (QED) is 0.396. The zero-order chi connectivity index (χ0) is 22.2. The number of thioether (sulfide) groups is 1. The van der Waals surface area contributed by atoms with E-state index >= 15 is 0 Å². The Hall–Kier alpha value is -3.56. The topological polar surface area (TPSA) is 96.9 Å². The summed E-state index contributed by atoms with van der Waals surface area (Å²) in [6, 6.07) is 22.7. The average molecular weight is 462 g/mol. The number of nitrogens with one attached hydrogen (secondary N) is 2. The molecule has 2 aromatic carbocycles. The summed E-state index contributed by atoms with van der Waals surface area (Å²) in [5, 5.41) is 15.8. The molecular weight excluding hydrogens is 442 g/mol. The van der Waals surface area contributed by atoms with E-state index in [1.165, 1.54) is 11.3 Å². The third-order valence-electron chi connectivity index (χ3n) is 4.35. The van der Waals surface area contributed by atoms with Crippen molar-refractivity contribution >= 4 is 35.0 Å². The highest BCUT2D eigenvalue weighted by molar-refractivity contribution is 7.99. The fourth-order valence-electron chi connectivity index (χ4n) is 2.88. The summed E-state index contributed by atoms with van der Waals surface area (Å²) in [5.74, 6) is -0.441. The predicted molar refractivity (Wildman–Crippen MR) is 126 cm³/mol. The predicted octanol–water partition coefficient (Wildman–Crippen LogP) is 4.39. The molecule has 7 nitrogen and oxygen atoms in total. The van der Waals surface area contributed by atoms with Crippen LogP contribution < -0.4 is 10.6 Å². The molecule has 0 atom stereocenters. The van der Waals surface area contributed by atoms with Crippen LogP contribution in [0.15, 0.2) is 83.3 Å². The Bertz CT molecular complexity index is 1190. The second-order valence-electron chi connectivity index (χ2n) is 6.62. The first-order valence-corrected chi connectivity index (χ1v) is 11.6. The molecule has 0 saturated heterocycles. The summed E-state index contributed by atoms with van der Waals surface area (Å²) < 4.78 is 0. The Balaban J connectivity index is 1.42. The van der Waals surface area contributed by atoms with Crippen molar-refractivity contribution < 1.29 is 9.59 Å². The Morgan fingerprint density at radius 1 is 0.844 bits per heavy atom. The van der Waals surface area contributed by atoms with Crippen molar-refractivity contribution in [2.24, 2.45) is 0 Å². The van der Waals surface area contributed by atoms with Gasteiger partial charge in [0, 0.05) is 16.0 Å². The molecule has 9 heteroatoms. The maximum absolute atomic E-state index is 12.2. The molecule has 0 aliphatic heterocycles. The number of nitrogens with zero attached hydrogens (tertiary/aromatic N) is 3. The van der Waals surface area contributed by atoms with Gasteiger partial charge in [-0.15, -0.1) is 21.5 Å². The number of imide groups is 1. The zero-order valence-corrected chi connectivity index (χ0v) is 18.5. The molecular formula is C23H19N5O2S2. The first-order chi connectivity index (χ1) is 15.7. The van der Waals surface area contributed by atoms with Crippen molar-refractivity contribution in [1.82, 2.24) is 25.8 Å². The molecule has 2 N–H and O–H groups in total. The van der Waals surface area contributed by atoms with Crippen LogP contribution in [0.25, 0.3) is 22.5 Å². The molecule has 2 aromatic heterocycles. The summed E-state index contributed by atoms with van der Waals surface area (Å²) in [5.41, 5.74) is 3.16. The average Bonchev–Trinajstić information content (AvgIpc) is 3.36. The smallest absolute Gasteiger partial charge is 0.321 e. The summed E-state index contributed by atoms with van der Waals surface area (Å²) >= 11 is 2.66. The van der Waals surface area contributed by atoms with Gasteiger partial charge in [0.1, 0.15) is 11.4 Å². The fourth-order valence-corrected chi connectivity index (χ4v) is 4.11. The summed E-state index contributed by atoms with van der Waals surface area (Å²) in [6.07, 6.45) is 0. The van der Waals surface area contributed by atoms with Crippen LogP contribution >= 0.6 is 23.1 Å². The van der Waals surface area contributed by atoms with E-state index in [9.17, 15) is 9.59 Å². The van der Waals surface area contributed by atoms with Gasteiger partial charge in [0.05, 0.1) is 12.3 Å². The van der Waals surface area contributed by atoms with Crippen LogP contribution in [0.1, 0.15) is 4.88 Å². The molecule has 0 unspecified atom stereocenters. The van der Waals surface area contributed by atoms with Crippen molar-refractivity contribution in [2.75, 3.05) is 5.75 Å². The van der Waals surface area contributed by atoms with Gasteiger partial charge in [-0.3, -0.25) is 10.1 Å². The Morgan fingerprint density at radius 3 is 2.19 bits per heavy atom. The van der Waals surface area contributed by atoms with Crippen molar-refractivity contribution in [3.8, 4) is 22.5 Å². The van der Waals surface area contributed by atoms with Crippen LogP contribution in [0.4, 0.5) is 4.79 Å². The zero-order valence-electron chi connectivity index (χ0n) is 16.9. The monoisotopic (exact) mass is 461 g/mol. The van der Waals surface area contributed by atoms with Crippen LogP contribution in [0.3, 0.4) is 0 Å². The number of urea groups is 1. The number of hydrogen-bond acceptors (Lipinski definition) is 7. The van der Waals surface area contributed by atoms with E-state index in [4.69, 9.17) is 0 Å². The number of benzene rings is 2.